The highest BCUT2D eigenvalue weighted by Crippen LogP contribution is 2.40. The number of nitrogens with one attached hydrogen (secondary N) is 1. The summed E-state index contributed by atoms with van der Waals surface area (Å²) >= 11 is 1.57. The van der Waals surface area contributed by atoms with Gasteiger partial charge in [-0.2, -0.15) is 0 Å². The molecule has 1 aromatic carbocycles. The second-order valence-corrected chi connectivity index (χ2v) is 8.91. The predicted molar refractivity (Wildman–Crippen MR) is 110 cm³/mol. The zero-order chi connectivity index (χ0) is 20.2. The van der Waals surface area contributed by atoms with Gasteiger partial charge < -0.3 is 10.1 Å². The Hall–Kier alpha value is -2.47. The molecule has 29 heavy (non-hydrogen) atoms. The molecule has 6 heteroatoms. The van der Waals surface area contributed by atoms with Crippen LogP contribution in [0.1, 0.15) is 48.6 Å². The molecule has 1 amide bonds. The third-order valence-corrected chi connectivity index (χ3v) is 6.93. The number of benzene rings is 1. The minimum atomic E-state index is -0.350. The number of amides is 1. The Balaban J connectivity index is 1.34. The van der Waals surface area contributed by atoms with E-state index in [1.165, 1.54) is 0 Å². The average Bonchev–Trinajstić information content (AvgIpc) is 3.25. The second kappa shape index (κ2) is 8.91. The van der Waals surface area contributed by atoms with Gasteiger partial charge in [-0.15, -0.1) is 11.3 Å². The van der Waals surface area contributed by atoms with Crippen LogP contribution in [-0.2, 0) is 19.1 Å². The highest BCUT2D eigenvalue weighted by Gasteiger charge is 2.41. The van der Waals surface area contributed by atoms with Crippen molar-refractivity contribution in [2.45, 2.75) is 38.1 Å². The van der Waals surface area contributed by atoms with E-state index in [2.05, 4.69) is 5.32 Å². The molecular formula is C23H25NO4S. The Morgan fingerprint density at radius 3 is 2.45 bits per heavy atom. The molecule has 1 unspecified atom stereocenters. The van der Waals surface area contributed by atoms with Gasteiger partial charge in [-0.1, -0.05) is 42.8 Å². The number of ketones is 1. The summed E-state index contributed by atoms with van der Waals surface area (Å²) in [5.41, 5.74) is 0.980. The molecule has 1 aromatic heterocycles. The minimum Gasteiger partial charge on any atom is -0.455 e. The van der Waals surface area contributed by atoms with Crippen LogP contribution in [0.25, 0.3) is 0 Å². The third-order valence-electron chi connectivity index (χ3n) is 5.99. The molecule has 2 bridgehead atoms. The van der Waals surface area contributed by atoms with Gasteiger partial charge in [0.25, 0.3) is 5.91 Å². The Labute approximate surface area is 174 Å². The molecule has 1 heterocycles. The lowest BCUT2D eigenvalue weighted by atomic mass is 9.67. The molecule has 152 valence electrons. The topological polar surface area (TPSA) is 72.5 Å². The van der Waals surface area contributed by atoms with Crippen LogP contribution in [0.2, 0.25) is 0 Å². The first-order valence-corrected chi connectivity index (χ1v) is 11.1. The van der Waals surface area contributed by atoms with Crippen LogP contribution < -0.4 is 5.32 Å². The van der Waals surface area contributed by atoms with Crippen LogP contribution in [0.4, 0.5) is 0 Å². The molecule has 0 saturated heterocycles. The normalized spacial score (nSPS) is 24.6. The van der Waals surface area contributed by atoms with Crippen LogP contribution in [0, 0.1) is 17.8 Å². The van der Waals surface area contributed by atoms with E-state index in [9.17, 15) is 14.4 Å². The van der Waals surface area contributed by atoms with Crippen molar-refractivity contribution in [3.63, 3.8) is 0 Å². The summed E-state index contributed by atoms with van der Waals surface area (Å²) in [7, 11) is 0. The lowest BCUT2D eigenvalue weighted by molar-refractivity contribution is -0.156. The Morgan fingerprint density at radius 2 is 1.79 bits per heavy atom. The van der Waals surface area contributed by atoms with E-state index in [4.69, 9.17) is 4.74 Å². The zero-order valence-corrected chi connectivity index (χ0v) is 17.0. The lowest BCUT2D eigenvalue weighted by Gasteiger charge is -2.36. The molecular weight excluding hydrogens is 386 g/mol. The van der Waals surface area contributed by atoms with Crippen molar-refractivity contribution in [1.29, 1.82) is 0 Å². The second-order valence-electron chi connectivity index (χ2n) is 7.93. The SMILES string of the molecule is O=C(COC(=O)C1C[C@H]2CCC[C@@H](C1)C2=O)N[C@H](c1ccccc1)c1cccs1. The maximum absolute atomic E-state index is 12.5. The molecule has 1 N–H and O–H groups in total. The van der Waals surface area contributed by atoms with Crippen LogP contribution in [0.3, 0.4) is 0 Å². The maximum atomic E-state index is 12.5. The van der Waals surface area contributed by atoms with E-state index in [-0.39, 0.29) is 42.3 Å². The minimum absolute atomic E-state index is 0.00448. The molecule has 0 radical (unpaired) electrons. The van der Waals surface area contributed by atoms with Crippen molar-refractivity contribution < 1.29 is 19.1 Å². The molecule has 2 saturated carbocycles. The van der Waals surface area contributed by atoms with Crippen LogP contribution in [0.5, 0.6) is 0 Å². The van der Waals surface area contributed by atoms with Crippen molar-refractivity contribution in [1.82, 2.24) is 5.32 Å². The van der Waals surface area contributed by atoms with Gasteiger partial charge in [0, 0.05) is 16.7 Å². The summed E-state index contributed by atoms with van der Waals surface area (Å²) in [4.78, 5) is 38.3. The van der Waals surface area contributed by atoms with Gasteiger partial charge in [0.05, 0.1) is 12.0 Å². The highest BCUT2D eigenvalue weighted by molar-refractivity contribution is 7.10. The van der Waals surface area contributed by atoms with Crippen molar-refractivity contribution in [3.05, 3.63) is 58.3 Å². The fourth-order valence-electron chi connectivity index (χ4n) is 4.55. The molecule has 0 spiro atoms. The fraction of sp³-hybridized carbons (Fsp3) is 0.435. The first-order valence-electron chi connectivity index (χ1n) is 10.2. The summed E-state index contributed by atoms with van der Waals surface area (Å²) in [5, 5.41) is 4.95. The standard InChI is InChI=1S/C23H25NO4S/c25-20(24-21(19-10-5-11-29-19)15-6-2-1-3-7-15)14-28-23(27)18-12-16-8-4-9-17(13-18)22(16)26/h1-3,5-7,10-11,16-18,21H,4,8-9,12-14H2,(H,24,25)/t16-,17+,18?,21-/m1/s1. The smallest absolute Gasteiger partial charge is 0.309 e. The van der Waals surface area contributed by atoms with Gasteiger partial charge in [-0.05, 0) is 42.7 Å². The quantitative estimate of drug-likeness (QED) is 0.732. The zero-order valence-electron chi connectivity index (χ0n) is 16.2. The van der Waals surface area contributed by atoms with Gasteiger partial charge in [0.1, 0.15) is 5.78 Å². The van der Waals surface area contributed by atoms with Crippen molar-refractivity contribution in [2.75, 3.05) is 6.61 Å². The van der Waals surface area contributed by atoms with Crippen molar-refractivity contribution in [2.24, 2.45) is 17.8 Å². The Kier molecular flexibility index (Phi) is 6.09. The summed E-state index contributed by atoms with van der Waals surface area (Å²) in [6, 6.07) is 13.4. The molecule has 5 nitrogen and oxygen atoms in total. The number of thiophene rings is 1. The monoisotopic (exact) mass is 411 g/mol. The molecule has 2 aliphatic rings. The average molecular weight is 412 g/mol. The number of esters is 1. The van der Waals surface area contributed by atoms with Crippen LogP contribution >= 0.6 is 11.3 Å². The lowest BCUT2D eigenvalue weighted by Crippen LogP contribution is -2.40. The highest BCUT2D eigenvalue weighted by atomic mass is 32.1. The van der Waals surface area contributed by atoms with E-state index < -0.39 is 0 Å². The molecule has 4 rings (SSSR count). The molecule has 0 aliphatic heterocycles. The first kappa shape index (κ1) is 19.8. The van der Waals surface area contributed by atoms with Crippen molar-refractivity contribution >= 4 is 29.0 Å². The summed E-state index contributed by atoms with van der Waals surface area (Å²) < 4.78 is 5.34. The van der Waals surface area contributed by atoms with Gasteiger partial charge in [0.15, 0.2) is 6.61 Å². The Bertz CT molecular complexity index is 848. The van der Waals surface area contributed by atoms with Gasteiger partial charge in [-0.3, -0.25) is 14.4 Å². The number of hydrogen-bond acceptors (Lipinski definition) is 5. The molecule has 2 fully saturated rings. The van der Waals surface area contributed by atoms with Gasteiger partial charge >= 0.3 is 5.97 Å². The molecule has 4 atom stereocenters. The third kappa shape index (κ3) is 4.58. The van der Waals surface area contributed by atoms with E-state index >= 15 is 0 Å². The van der Waals surface area contributed by atoms with Crippen LogP contribution in [0.15, 0.2) is 47.8 Å². The number of carbonyl (C=O) groups excluding carboxylic acids is 3. The summed E-state index contributed by atoms with van der Waals surface area (Å²) in [6.07, 6.45) is 3.95. The van der Waals surface area contributed by atoms with E-state index in [0.717, 1.165) is 29.7 Å². The maximum Gasteiger partial charge on any atom is 0.309 e. The van der Waals surface area contributed by atoms with Crippen molar-refractivity contribution in [3.8, 4) is 0 Å². The number of rotatable bonds is 6. The number of ether oxygens (including phenoxy) is 1. The van der Waals surface area contributed by atoms with E-state index in [1.54, 1.807) is 11.3 Å². The largest absolute Gasteiger partial charge is 0.455 e. The number of Topliss-reactive ketones (excluding diaryl/α,β-unsaturated/α-hetero) is 1. The first-order chi connectivity index (χ1) is 14.1. The predicted octanol–water partition coefficient (Wildman–Crippen LogP) is 3.89. The fourth-order valence-corrected chi connectivity index (χ4v) is 5.35. The van der Waals surface area contributed by atoms with Crippen LogP contribution in [-0.4, -0.2) is 24.3 Å². The summed E-state index contributed by atoms with van der Waals surface area (Å²) in [5.74, 6) is -0.632. The Morgan fingerprint density at radius 1 is 1.07 bits per heavy atom. The number of fused-ring (bicyclic) bond motifs is 2. The van der Waals surface area contributed by atoms with Gasteiger partial charge in [0.2, 0.25) is 0 Å². The number of hydrogen-bond donors (Lipinski definition) is 1. The van der Waals surface area contributed by atoms with E-state index in [1.807, 2.05) is 47.8 Å². The van der Waals surface area contributed by atoms with Gasteiger partial charge in [-0.25, -0.2) is 0 Å². The summed E-state index contributed by atoms with van der Waals surface area (Å²) in [6.45, 7) is -0.298. The number of carbonyl (C=O) groups is 3. The molecule has 2 aromatic rings. The van der Waals surface area contributed by atoms with E-state index in [0.29, 0.717) is 18.6 Å². The molecule has 2 aliphatic carbocycles.